The molecule has 1 saturated heterocycles. The predicted molar refractivity (Wildman–Crippen MR) is 81.7 cm³/mol. The third-order valence-electron chi connectivity index (χ3n) is 3.84. The monoisotopic (exact) mass is 302 g/mol. The fraction of sp³-hybridized carbons (Fsp3) is 0.857. The Kier molecular flexibility index (Phi) is 5.58. The topological polar surface area (TPSA) is 68.2 Å². The first-order valence-corrected chi connectivity index (χ1v) is 7.11. The summed E-state index contributed by atoms with van der Waals surface area (Å²) >= 11 is 0. The van der Waals surface area contributed by atoms with Crippen molar-refractivity contribution in [1.29, 1.82) is 0 Å². The van der Waals surface area contributed by atoms with E-state index >= 15 is 0 Å². The van der Waals surface area contributed by atoms with Gasteiger partial charge in [-0.3, -0.25) is 4.90 Å². The highest BCUT2D eigenvalue weighted by molar-refractivity contribution is 5.85. The minimum atomic E-state index is -0.539. The minimum absolute atomic E-state index is 0. The normalized spacial score (nSPS) is 20.2. The van der Waals surface area contributed by atoms with Crippen molar-refractivity contribution in [3.05, 3.63) is 11.7 Å². The number of likely N-dealkylation sites (tertiary alicyclic amines) is 1. The lowest BCUT2D eigenvalue weighted by atomic mass is 9.85. The Morgan fingerprint density at radius 2 is 2.00 bits per heavy atom. The molecule has 2 N–H and O–H groups in total. The molecule has 0 saturated carbocycles. The third kappa shape index (κ3) is 4.72. The molecule has 2 heterocycles. The number of nitrogens with zero attached hydrogens (tertiary/aromatic N) is 3. The average Bonchev–Trinajstić information content (AvgIpc) is 2.67. The molecule has 0 bridgehead atoms. The summed E-state index contributed by atoms with van der Waals surface area (Å²) in [6.45, 7) is 11.4. The molecule has 6 heteroatoms. The number of hydrogen-bond donors (Lipinski definition) is 1. The van der Waals surface area contributed by atoms with Crippen LogP contribution in [0.4, 0.5) is 0 Å². The Balaban J connectivity index is 0.00000200. The first-order valence-electron chi connectivity index (χ1n) is 7.11. The molecule has 1 aliphatic rings. The zero-order valence-corrected chi connectivity index (χ0v) is 13.8. The van der Waals surface area contributed by atoms with E-state index in [9.17, 15) is 0 Å². The van der Waals surface area contributed by atoms with Gasteiger partial charge in [0.25, 0.3) is 0 Å². The van der Waals surface area contributed by atoms with Gasteiger partial charge in [-0.15, -0.1) is 12.4 Å². The maximum absolute atomic E-state index is 5.97. The first kappa shape index (κ1) is 17.4. The van der Waals surface area contributed by atoms with Crippen LogP contribution in [0.15, 0.2) is 4.52 Å². The van der Waals surface area contributed by atoms with Gasteiger partial charge in [0, 0.05) is 0 Å². The van der Waals surface area contributed by atoms with E-state index in [1.807, 2.05) is 13.8 Å². The third-order valence-corrected chi connectivity index (χ3v) is 3.84. The van der Waals surface area contributed by atoms with Gasteiger partial charge in [0.2, 0.25) is 5.89 Å². The fourth-order valence-corrected chi connectivity index (χ4v) is 2.41. The molecule has 1 aliphatic heterocycles. The highest BCUT2D eigenvalue weighted by atomic mass is 35.5. The highest BCUT2D eigenvalue weighted by Gasteiger charge is 2.25. The first-order chi connectivity index (χ1) is 8.76. The average molecular weight is 303 g/mol. The molecule has 0 aliphatic carbocycles. The summed E-state index contributed by atoms with van der Waals surface area (Å²) in [6.07, 6.45) is 3.74. The largest absolute Gasteiger partial charge is 0.338 e. The summed E-state index contributed by atoms with van der Waals surface area (Å²) in [5, 5.41) is 3.97. The lowest BCUT2D eigenvalue weighted by molar-refractivity contribution is 0.222. The Morgan fingerprint density at radius 3 is 2.60 bits per heavy atom. The SMILES string of the molecule is CC1(C)CCCN(Cc2nc(C(C)(C)N)no2)CC1.Cl. The molecular weight excluding hydrogens is 276 g/mol. The summed E-state index contributed by atoms with van der Waals surface area (Å²) in [7, 11) is 0. The zero-order chi connectivity index (χ0) is 14.1. The lowest BCUT2D eigenvalue weighted by Crippen LogP contribution is -2.30. The smallest absolute Gasteiger partial charge is 0.240 e. The van der Waals surface area contributed by atoms with Crippen LogP contribution in [-0.2, 0) is 12.1 Å². The van der Waals surface area contributed by atoms with Crippen molar-refractivity contribution in [2.24, 2.45) is 11.1 Å². The Morgan fingerprint density at radius 1 is 1.30 bits per heavy atom. The van der Waals surface area contributed by atoms with Gasteiger partial charge in [0.1, 0.15) is 0 Å². The van der Waals surface area contributed by atoms with E-state index < -0.39 is 5.54 Å². The van der Waals surface area contributed by atoms with Crippen molar-refractivity contribution in [2.45, 2.75) is 59.0 Å². The van der Waals surface area contributed by atoms with Crippen LogP contribution >= 0.6 is 12.4 Å². The van der Waals surface area contributed by atoms with E-state index in [1.165, 1.54) is 19.3 Å². The quantitative estimate of drug-likeness (QED) is 0.929. The van der Waals surface area contributed by atoms with Crippen LogP contribution < -0.4 is 5.73 Å². The standard InChI is InChI=1S/C14H26N4O.ClH/c1-13(2)6-5-8-18(9-7-13)10-11-16-12(17-19-11)14(3,4)15;/h5-10,15H2,1-4H3;1H. The van der Waals surface area contributed by atoms with Gasteiger partial charge in [-0.2, -0.15) is 4.98 Å². The summed E-state index contributed by atoms with van der Waals surface area (Å²) in [5.41, 5.74) is 5.88. The van der Waals surface area contributed by atoms with Crippen LogP contribution in [0.25, 0.3) is 0 Å². The van der Waals surface area contributed by atoms with Crippen molar-refractivity contribution in [1.82, 2.24) is 15.0 Å². The second-order valence-electron chi connectivity index (χ2n) is 7.03. The number of rotatable bonds is 3. The molecule has 2 rings (SSSR count). The molecule has 1 aromatic rings. The molecule has 1 aromatic heterocycles. The van der Waals surface area contributed by atoms with Gasteiger partial charge in [-0.25, -0.2) is 0 Å². The van der Waals surface area contributed by atoms with Crippen molar-refractivity contribution < 1.29 is 4.52 Å². The van der Waals surface area contributed by atoms with Gasteiger partial charge < -0.3 is 10.3 Å². The molecule has 0 spiro atoms. The Labute approximate surface area is 127 Å². The van der Waals surface area contributed by atoms with Crippen LogP contribution in [-0.4, -0.2) is 28.1 Å². The van der Waals surface area contributed by atoms with Crippen LogP contribution in [0.5, 0.6) is 0 Å². The van der Waals surface area contributed by atoms with Gasteiger partial charge in [0.15, 0.2) is 5.82 Å². The van der Waals surface area contributed by atoms with Crippen LogP contribution in [0.1, 0.15) is 58.7 Å². The number of nitrogens with two attached hydrogens (primary N) is 1. The molecular formula is C14H27ClN4O. The fourth-order valence-electron chi connectivity index (χ4n) is 2.41. The van der Waals surface area contributed by atoms with Crippen molar-refractivity contribution in [3.63, 3.8) is 0 Å². The molecule has 0 unspecified atom stereocenters. The van der Waals surface area contributed by atoms with Crippen molar-refractivity contribution >= 4 is 12.4 Å². The molecule has 0 amide bonds. The van der Waals surface area contributed by atoms with E-state index in [2.05, 4.69) is 28.9 Å². The van der Waals surface area contributed by atoms with Gasteiger partial charge in [-0.05, 0) is 51.6 Å². The molecule has 0 aromatic carbocycles. The van der Waals surface area contributed by atoms with Crippen LogP contribution in [0.3, 0.4) is 0 Å². The zero-order valence-electron chi connectivity index (χ0n) is 13.0. The van der Waals surface area contributed by atoms with E-state index in [0.717, 1.165) is 19.6 Å². The number of halogens is 1. The Hall–Kier alpha value is -0.650. The molecule has 5 nitrogen and oxygen atoms in total. The highest BCUT2D eigenvalue weighted by Crippen LogP contribution is 2.30. The summed E-state index contributed by atoms with van der Waals surface area (Å²) in [4.78, 5) is 6.80. The van der Waals surface area contributed by atoms with E-state index in [0.29, 0.717) is 17.1 Å². The second kappa shape index (κ2) is 6.41. The second-order valence-corrected chi connectivity index (χ2v) is 7.03. The number of hydrogen-bond acceptors (Lipinski definition) is 5. The molecule has 20 heavy (non-hydrogen) atoms. The van der Waals surface area contributed by atoms with E-state index in [-0.39, 0.29) is 12.4 Å². The lowest BCUT2D eigenvalue weighted by Gasteiger charge is -2.22. The van der Waals surface area contributed by atoms with Crippen molar-refractivity contribution in [3.8, 4) is 0 Å². The van der Waals surface area contributed by atoms with Crippen LogP contribution in [0.2, 0.25) is 0 Å². The molecule has 1 fully saturated rings. The van der Waals surface area contributed by atoms with Crippen LogP contribution in [0, 0.1) is 5.41 Å². The van der Waals surface area contributed by atoms with E-state index in [1.54, 1.807) is 0 Å². The maximum Gasteiger partial charge on any atom is 0.240 e. The Bertz CT molecular complexity index is 425. The summed E-state index contributed by atoms with van der Waals surface area (Å²) < 4.78 is 5.30. The predicted octanol–water partition coefficient (Wildman–Crippen LogP) is 2.70. The minimum Gasteiger partial charge on any atom is -0.338 e. The van der Waals surface area contributed by atoms with Crippen molar-refractivity contribution in [2.75, 3.05) is 13.1 Å². The molecule has 0 radical (unpaired) electrons. The van der Waals surface area contributed by atoms with Gasteiger partial charge in [0.05, 0.1) is 12.1 Å². The summed E-state index contributed by atoms with van der Waals surface area (Å²) in [6, 6.07) is 0. The molecule has 0 atom stereocenters. The number of aromatic nitrogens is 2. The summed E-state index contributed by atoms with van der Waals surface area (Å²) in [5.74, 6) is 1.26. The van der Waals surface area contributed by atoms with E-state index in [4.69, 9.17) is 10.3 Å². The molecule has 116 valence electrons. The van der Waals surface area contributed by atoms with Gasteiger partial charge >= 0.3 is 0 Å². The van der Waals surface area contributed by atoms with Gasteiger partial charge in [-0.1, -0.05) is 19.0 Å². The maximum atomic E-state index is 5.97.